The van der Waals surface area contributed by atoms with Crippen molar-refractivity contribution in [2.24, 2.45) is 0 Å². The van der Waals surface area contributed by atoms with E-state index in [1.807, 2.05) is 28.8 Å². The van der Waals surface area contributed by atoms with Crippen molar-refractivity contribution in [3.05, 3.63) is 58.4 Å². The van der Waals surface area contributed by atoms with Gasteiger partial charge in [0, 0.05) is 29.2 Å². The first-order chi connectivity index (χ1) is 11.7. The Bertz CT molecular complexity index is 920. The number of carbonyl (C=O) groups is 2. The molecule has 120 valence electrons. The van der Waals surface area contributed by atoms with E-state index in [2.05, 4.69) is 6.07 Å². The van der Waals surface area contributed by atoms with Crippen LogP contribution in [0.1, 0.15) is 26.5 Å². The first-order valence-corrected chi connectivity index (χ1v) is 8.27. The topological polar surface area (TPSA) is 72.1 Å². The second-order valence-corrected chi connectivity index (χ2v) is 6.09. The summed E-state index contributed by atoms with van der Waals surface area (Å²) >= 11 is 1.27. The van der Waals surface area contributed by atoms with Crippen molar-refractivity contribution in [1.29, 1.82) is 5.26 Å². The van der Waals surface area contributed by atoms with E-state index in [4.69, 9.17) is 10.00 Å². The minimum atomic E-state index is -0.494. The number of esters is 1. The number of fused-ring (bicyclic) bond motifs is 1. The molecule has 0 amide bonds. The average molecular weight is 338 g/mol. The normalized spacial score (nSPS) is 10.5. The van der Waals surface area contributed by atoms with Crippen LogP contribution in [-0.4, -0.2) is 22.9 Å². The van der Waals surface area contributed by atoms with Gasteiger partial charge in [0.1, 0.15) is 4.88 Å². The number of hydrogen-bond acceptors (Lipinski definition) is 5. The van der Waals surface area contributed by atoms with Crippen LogP contribution < -0.4 is 0 Å². The molecule has 0 spiro atoms. The molecule has 2 aromatic heterocycles. The van der Waals surface area contributed by atoms with E-state index in [0.717, 1.165) is 10.9 Å². The molecule has 0 bridgehead atoms. The lowest BCUT2D eigenvalue weighted by atomic mass is 10.1. The Morgan fingerprint density at radius 2 is 2.04 bits per heavy atom. The van der Waals surface area contributed by atoms with E-state index in [0.29, 0.717) is 23.4 Å². The second kappa shape index (κ2) is 7.11. The smallest absolute Gasteiger partial charge is 0.348 e. The number of thiophene rings is 1. The lowest BCUT2D eigenvalue weighted by Crippen LogP contribution is -2.13. The maximum Gasteiger partial charge on any atom is 0.348 e. The number of hydrogen-bond donors (Lipinski definition) is 0. The van der Waals surface area contributed by atoms with Gasteiger partial charge in [-0.15, -0.1) is 11.3 Å². The highest BCUT2D eigenvalue weighted by molar-refractivity contribution is 7.11. The number of aromatic nitrogens is 1. The van der Waals surface area contributed by atoms with Crippen molar-refractivity contribution in [3.63, 3.8) is 0 Å². The first-order valence-electron chi connectivity index (χ1n) is 7.39. The van der Waals surface area contributed by atoms with E-state index in [9.17, 15) is 9.59 Å². The molecule has 0 N–H and O–H groups in total. The number of ketones is 1. The minimum absolute atomic E-state index is 0.258. The molecule has 0 saturated heterocycles. The highest BCUT2D eigenvalue weighted by atomic mass is 32.1. The zero-order valence-electron chi connectivity index (χ0n) is 12.8. The first kappa shape index (κ1) is 16.0. The van der Waals surface area contributed by atoms with Crippen LogP contribution in [0.5, 0.6) is 0 Å². The quantitative estimate of drug-likeness (QED) is 0.508. The van der Waals surface area contributed by atoms with E-state index in [1.54, 1.807) is 23.7 Å². The molecule has 0 aliphatic rings. The van der Waals surface area contributed by atoms with Crippen molar-refractivity contribution in [1.82, 2.24) is 4.57 Å². The summed E-state index contributed by atoms with van der Waals surface area (Å²) in [4.78, 5) is 24.8. The van der Waals surface area contributed by atoms with Gasteiger partial charge in [0.05, 0.1) is 12.5 Å². The van der Waals surface area contributed by atoms with Crippen LogP contribution in [-0.2, 0) is 11.3 Å². The Balaban J connectivity index is 1.79. The van der Waals surface area contributed by atoms with E-state index in [-0.39, 0.29) is 12.4 Å². The van der Waals surface area contributed by atoms with Crippen LogP contribution in [0, 0.1) is 11.3 Å². The number of ether oxygens (including phenoxy) is 1. The third-order valence-electron chi connectivity index (χ3n) is 3.61. The van der Waals surface area contributed by atoms with Crippen LogP contribution in [0.4, 0.5) is 0 Å². The summed E-state index contributed by atoms with van der Waals surface area (Å²) in [5.74, 6) is -0.751. The molecule has 0 unspecified atom stereocenters. The third kappa shape index (κ3) is 3.21. The predicted molar refractivity (Wildman–Crippen MR) is 91.1 cm³/mol. The Morgan fingerprint density at radius 1 is 1.21 bits per heavy atom. The molecule has 0 saturated carbocycles. The SMILES string of the molecule is N#CCCn1cc(C(=O)COC(=O)c2cccs2)c2ccccc21. The molecule has 2 heterocycles. The molecule has 0 aliphatic carbocycles. The number of para-hydroxylation sites is 1. The Kier molecular flexibility index (Phi) is 4.73. The number of nitriles is 1. The van der Waals surface area contributed by atoms with Gasteiger partial charge in [0.15, 0.2) is 6.61 Å². The maximum absolute atomic E-state index is 12.5. The van der Waals surface area contributed by atoms with Crippen molar-refractivity contribution in [3.8, 4) is 6.07 Å². The van der Waals surface area contributed by atoms with Crippen LogP contribution in [0.15, 0.2) is 48.0 Å². The van der Waals surface area contributed by atoms with Gasteiger partial charge in [0.2, 0.25) is 5.78 Å². The molecule has 0 atom stereocenters. The molecule has 6 heteroatoms. The molecule has 3 rings (SSSR count). The summed E-state index contributed by atoms with van der Waals surface area (Å²) in [5.41, 5.74) is 1.39. The largest absolute Gasteiger partial charge is 0.453 e. The van der Waals surface area contributed by atoms with Gasteiger partial charge >= 0.3 is 5.97 Å². The molecular weight excluding hydrogens is 324 g/mol. The van der Waals surface area contributed by atoms with Crippen LogP contribution in [0.2, 0.25) is 0 Å². The molecule has 5 nitrogen and oxygen atoms in total. The Hall–Kier alpha value is -2.91. The predicted octanol–water partition coefficient (Wildman–Crippen LogP) is 3.66. The number of Topliss-reactive ketones (excluding diaryl/α,β-unsaturated/α-hetero) is 1. The summed E-state index contributed by atoms with van der Waals surface area (Å²) in [5, 5.41) is 11.3. The molecule has 3 aromatic rings. The molecule has 0 aliphatic heterocycles. The zero-order chi connectivity index (χ0) is 16.9. The van der Waals surface area contributed by atoms with Gasteiger partial charge in [-0.2, -0.15) is 5.26 Å². The Morgan fingerprint density at radius 3 is 2.79 bits per heavy atom. The van der Waals surface area contributed by atoms with Crippen molar-refractivity contribution in [2.45, 2.75) is 13.0 Å². The third-order valence-corrected chi connectivity index (χ3v) is 4.46. The number of nitrogens with zero attached hydrogens (tertiary/aromatic N) is 2. The molecular formula is C18H14N2O3S. The highest BCUT2D eigenvalue weighted by Crippen LogP contribution is 2.22. The summed E-state index contributed by atoms with van der Waals surface area (Å²) in [6, 6.07) is 13.0. The Labute approximate surface area is 142 Å². The van der Waals surface area contributed by atoms with Crippen molar-refractivity contribution < 1.29 is 14.3 Å². The van der Waals surface area contributed by atoms with E-state index >= 15 is 0 Å². The van der Waals surface area contributed by atoms with Crippen molar-refractivity contribution in [2.75, 3.05) is 6.61 Å². The van der Waals surface area contributed by atoms with Gasteiger partial charge in [-0.05, 0) is 17.5 Å². The van der Waals surface area contributed by atoms with E-state index in [1.165, 1.54) is 11.3 Å². The molecule has 1 aromatic carbocycles. The van der Waals surface area contributed by atoms with Gasteiger partial charge < -0.3 is 9.30 Å². The molecule has 0 fully saturated rings. The lowest BCUT2D eigenvalue weighted by molar-refractivity contribution is 0.0480. The van der Waals surface area contributed by atoms with Gasteiger partial charge in [-0.25, -0.2) is 4.79 Å². The number of rotatable bonds is 6. The summed E-state index contributed by atoms with van der Waals surface area (Å²) in [6.45, 7) is 0.211. The summed E-state index contributed by atoms with van der Waals surface area (Å²) < 4.78 is 6.98. The number of benzene rings is 1. The monoisotopic (exact) mass is 338 g/mol. The number of aryl methyl sites for hydroxylation is 1. The van der Waals surface area contributed by atoms with Crippen LogP contribution in [0.25, 0.3) is 10.9 Å². The average Bonchev–Trinajstić information content (AvgIpc) is 3.26. The van der Waals surface area contributed by atoms with Gasteiger partial charge in [-0.3, -0.25) is 4.79 Å². The fourth-order valence-corrected chi connectivity index (χ4v) is 3.12. The second-order valence-electron chi connectivity index (χ2n) is 5.14. The minimum Gasteiger partial charge on any atom is -0.453 e. The lowest BCUT2D eigenvalue weighted by Gasteiger charge is -2.02. The fraction of sp³-hybridized carbons (Fsp3) is 0.167. The van der Waals surface area contributed by atoms with Crippen molar-refractivity contribution >= 4 is 34.0 Å². The fourth-order valence-electron chi connectivity index (χ4n) is 2.50. The zero-order valence-corrected chi connectivity index (χ0v) is 13.6. The van der Waals surface area contributed by atoms with Crippen LogP contribution in [0.3, 0.4) is 0 Å². The van der Waals surface area contributed by atoms with E-state index < -0.39 is 5.97 Å². The summed E-state index contributed by atoms with van der Waals surface area (Å²) in [7, 11) is 0. The van der Waals surface area contributed by atoms with Gasteiger partial charge in [-0.1, -0.05) is 24.3 Å². The summed E-state index contributed by atoms with van der Waals surface area (Å²) in [6.07, 6.45) is 2.09. The molecule has 24 heavy (non-hydrogen) atoms. The van der Waals surface area contributed by atoms with Gasteiger partial charge in [0.25, 0.3) is 0 Å². The van der Waals surface area contributed by atoms with Crippen LogP contribution >= 0.6 is 11.3 Å². The maximum atomic E-state index is 12.5. The number of carbonyl (C=O) groups excluding carboxylic acids is 2. The molecule has 0 radical (unpaired) electrons. The standard InChI is InChI=1S/C18H14N2O3S/c19-8-4-9-20-11-14(13-5-1-2-6-15(13)20)16(21)12-23-18(22)17-7-3-10-24-17/h1-3,5-7,10-11H,4,9,12H2. The highest BCUT2D eigenvalue weighted by Gasteiger charge is 2.17.